The quantitative estimate of drug-likeness (QED) is 0.714. The molecule has 0 bridgehead atoms. The molecule has 1 rings (SSSR count). The molecule has 1 atom stereocenters. The van der Waals surface area contributed by atoms with Crippen LogP contribution in [0.15, 0.2) is 9.85 Å². The molecule has 84 valence electrons. The highest BCUT2D eigenvalue weighted by Crippen LogP contribution is 2.19. The van der Waals surface area contributed by atoms with Crippen molar-refractivity contribution >= 4 is 29.0 Å². The third kappa shape index (κ3) is 4.59. The third-order valence-corrected chi connectivity index (χ3v) is 3.55. The molecule has 7 heteroatoms. The number of nitrogens with two attached hydrogens (primary N) is 1. The SMILES string of the molecule is CC(C)NC(CSc1nncs1)C(N)=O. The fraction of sp³-hybridized carbons (Fsp3) is 0.625. The second-order valence-corrected chi connectivity index (χ2v) is 5.39. The lowest BCUT2D eigenvalue weighted by Crippen LogP contribution is -2.46. The Hall–Kier alpha value is -0.660. The van der Waals surface area contributed by atoms with Gasteiger partial charge in [-0.2, -0.15) is 0 Å². The van der Waals surface area contributed by atoms with Crippen molar-refractivity contribution in [3.05, 3.63) is 5.51 Å². The molecule has 1 aromatic rings. The first-order valence-electron chi connectivity index (χ1n) is 4.54. The minimum Gasteiger partial charge on any atom is -0.368 e. The van der Waals surface area contributed by atoms with Crippen molar-refractivity contribution in [3.8, 4) is 0 Å². The summed E-state index contributed by atoms with van der Waals surface area (Å²) in [5.41, 5.74) is 6.94. The van der Waals surface area contributed by atoms with Crippen LogP contribution in [0, 0.1) is 0 Å². The fourth-order valence-electron chi connectivity index (χ4n) is 0.995. The summed E-state index contributed by atoms with van der Waals surface area (Å²) < 4.78 is 0.854. The largest absolute Gasteiger partial charge is 0.368 e. The molecule has 1 amide bonds. The summed E-state index contributed by atoms with van der Waals surface area (Å²) >= 11 is 2.94. The molecule has 5 nitrogen and oxygen atoms in total. The second-order valence-electron chi connectivity index (χ2n) is 3.29. The molecule has 1 aromatic heterocycles. The Balaban J connectivity index is 2.41. The van der Waals surface area contributed by atoms with Crippen LogP contribution in [0.1, 0.15) is 13.8 Å². The first-order valence-corrected chi connectivity index (χ1v) is 6.40. The molecule has 0 radical (unpaired) electrons. The van der Waals surface area contributed by atoms with Crippen LogP contribution in [0.3, 0.4) is 0 Å². The third-order valence-electron chi connectivity index (χ3n) is 1.59. The Labute approximate surface area is 96.8 Å². The molecule has 15 heavy (non-hydrogen) atoms. The molecule has 3 N–H and O–H groups in total. The lowest BCUT2D eigenvalue weighted by Gasteiger charge is -2.16. The molecule has 1 unspecified atom stereocenters. The van der Waals surface area contributed by atoms with E-state index in [0.29, 0.717) is 5.75 Å². The molecule has 0 fully saturated rings. The van der Waals surface area contributed by atoms with Crippen LogP contribution in [-0.2, 0) is 4.79 Å². The standard InChI is InChI=1S/C8H14N4OS2/c1-5(2)11-6(7(9)13)3-14-8-12-10-4-15-8/h4-6,11H,3H2,1-2H3,(H2,9,13). The van der Waals surface area contributed by atoms with Crippen LogP contribution < -0.4 is 11.1 Å². The van der Waals surface area contributed by atoms with Gasteiger partial charge in [-0.3, -0.25) is 4.79 Å². The molecule has 1 heterocycles. The van der Waals surface area contributed by atoms with Crippen LogP contribution >= 0.6 is 23.1 Å². The molecule has 0 aliphatic rings. The Morgan fingerprint density at radius 2 is 2.47 bits per heavy atom. The Kier molecular flexibility index (Phi) is 5.00. The number of hydrogen-bond donors (Lipinski definition) is 2. The highest BCUT2D eigenvalue weighted by molar-refractivity contribution is 8.01. The van der Waals surface area contributed by atoms with Gasteiger partial charge in [0.15, 0.2) is 4.34 Å². The van der Waals surface area contributed by atoms with Gasteiger partial charge in [0.25, 0.3) is 0 Å². The van der Waals surface area contributed by atoms with Crippen molar-refractivity contribution in [2.45, 2.75) is 30.3 Å². The number of nitrogens with one attached hydrogen (secondary N) is 1. The number of nitrogens with zero attached hydrogens (tertiary/aromatic N) is 2. The van der Waals surface area contributed by atoms with Gasteiger partial charge in [-0.25, -0.2) is 0 Å². The van der Waals surface area contributed by atoms with Crippen molar-refractivity contribution in [1.29, 1.82) is 0 Å². The van der Waals surface area contributed by atoms with Crippen LogP contribution in [0.4, 0.5) is 0 Å². The maximum atomic E-state index is 11.1. The fourth-order valence-corrected chi connectivity index (χ4v) is 2.55. The molecular weight excluding hydrogens is 232 g/mol. The summed E-state index contributed by atoms with van der Waals surface area (Å²) in [7, 11) is 0. The van der Waals surface area contributed by atoms with Crippen molar-refractivity contribution in [2.24, 2.45) is 5.73 Å². The van der Waals surface area contributed by atoms with Crippen LogP contribution in [0.25, 0.3) is 0 Å². The van der Waals surface area contributed by atoms with Gasteiger partial charge in [0.2, 0.25) is 5.91 Å². The number of aromatic nitrogens is 2. The van der Waals surface area contributed by atoms with E-state index in [0.717, 1.165) is 4.34 Å². The van der Waals surface area contributed by atoms with E-state index in [1.54, 1.807) is 5.51 Å². The number of amides is 1. The smallest absolute Gasteiger partial charge is 0.235 e. The van der Waals surface area contributed by atoms with E-state index in [4.69, 9.17) is 5.73 Å². The highest BCUT2D eigenvalue weighted by Gasteiger charge is 2.16. The van der Waals surface area contributed by atoms with E-state index >= 15 is 0 Å². The van der Waals surface area contributed by atoms with E-state index in [2.05, 4.69) is 15.5 Å². The highest BCUT2D eigenvalue weighted by atomic mass is 32.2. The molecule has 0 aromatic carbocycles. The Morgan fingerprint density at radius 3 is 2.93 bits per heavy atom. The number of rotatable bonds is 6. The number of carbonyl (C=O) groups is 1. The molecular formula is C8H14N4OS2. The zero-order valence-electron chi connectivity index (χ0n) is 8.64. The maximum absolute atomic E-state index is 11.1. The van der Waals surface area contributed by atoms with Crippen LogP contribution in [-0.4, -0.2) is 33.9 Å². The van der Waals surface area contributed by atoms with Crippen molar-refractivity contribution < 1.29 is 4.79 Å². The van der Waals surface area contributed by atoms with Gasteiger partial charge in [0.05, 0.1) is 6.04 Å². The minimum absolute atomic E-state index is 0.234. The van der Waals surface area contributed by atoms with Gasteiger partial charge in [-0.1, -0.05) is 36.9 Å². The minimum atomic E-state index is -0.333. The van der Waals surface area contributed by atoms with E-state index in [9.17, 15) is 4.79 Å². The van der Waals surface area contributed by atoms with Crippen LogP contribution in [0.2, 0.25) is 0 Å². The zero-order valence-corrected chi connectivity index (χ0v) is 10.3. The molecule has 0 spiro atoms. The van der Waals surface area contributed by atoms with Gasteiger partial charge in [0, 0.05) is 11.8 Å². The number of thioether (sulfide) groups is 1. The summed E-state index contributed by atoms with van der Waals surface area (Å²) in [6.07, 6.45) is 0. The summed E-state index contributed by atoms with van der Waals surface area (Å²) in [5.74, 6) is 0.253. The van der Waals surface area contributed by atoms with Gasteiger partial charge >= 0.3 is 0 Å². The van der Waals surface area contributed by atoms with Crippen molar-refractivity contribution in [3.63, 3.8) is 0 Å². The van der Waals surface area contributed by atoms with E-state index in [1.165, 1.54) is 23.1 Å². The number of hydrogen-bond acceptors (Lipinski definition) is 6. The summed E-state index contributed by atoms with van der Waals surface area (Å²) in [6, 6.07) is -0.0866. The second kappa shape index (κ2) is 6.04. The zero-order chi connectivity index (χ0) is 11.3. The van der Waals surface area contributed by atoms with E-state index in [1.807, 2.05) is 13.8 Å². The summed E-state index contributed by atoms with van der Waals surface area (Å²) in [6.45, 7) is 3.96. The lowest BCUT2D eigenvalue weighted by molar-refractivity contribution is -0.119. The van der Waals surface area contributed by atoms with E-state index in [-0.39, 0.29) is 18.0 Å². The molecule has 0 aliphatic carbocycles. The average Bonchev–Trinajstić information content (AvgIpc) is 2.63. The van der Waals surface area contributed by atoms with E-state index < -0.39 is 0 Å². The first-order chi connectivity index (χ1) is 7.09. The Bertz CT molecular complexity index is 302. The molecule has 0 saturated heterocycles. The summed E-state index contributed by atoms with van der Waals surface area (Å²) in [4.78, 5) is 11.1. The first kappa shape index (κ1) is 12.4. The molecule has 0 aliphatic heterocycles. The lowest BCUT2D eigenvalue weighted by atomic mass is 10.3. The van der Waals surface area contributed by atoms with Crippen LogP contribution in [0.5, 0.6) is 0 Å². The molecule has 0 saturated carbocycles. The normalized spacial score (nSPS) is 13.0. The predicted molar refractivity (Wildman–Crippen MR) is 61.9 cm³/mol. The van der Waals surface area contributed by atoms with Crippen molar-refractivity contribution in [1.82, 2.24) is 15.5 Å². The van der Waals surface area contributed by atoms with Gasteiger partial charge < -0.3 is 11.1 Å². The summed E-state index contributed by atoms with van der Waals surface area (Å²) in [5, 5.41) is 10.7. The average molecular weight is 246 g/mol. The maximum Gasteiger partial charge on any atom is 0.235 e. The topological polar surface area (TPSA) is 80.9 Å². The van der Waals surface area contributed by atoms with Gasteiger partial charge in [-0.15, -0.1) is 10.2 Å². The van der Waals surface area contributed by atoms with Gasteiger partial charge in [0.1, 0.15) is 5.51 Å². The number of carbonyl (C=O) groups excluding carboxylic acids is 1. The number of primary amides is 1. The monoisotopic (exact) mass is 246 g/mol. The Morgan fingerprint density at radius 1 is 1.73 bits per heavy atom. The predicted octanol–water partition coefficient (Wildman–Crippen LogP) is 0.482. The van der Waals surface area contributed by atoms with Crippen molar-refractivity contribution in [2.75, 3.05) is 5.75 Å². The van der Waals surface area contributed by atoms with Gasteiger partial charge in [-0.05, 0) is 0 Å².